The molecule has 1 aromatic heterocycles. The lowest BCUT2D eigenvalue weighted by Crippen LogP contribution is -2.23. The van der Waals surface area contributed by atoms with Crippen molar-refractivity contribution < 1.29 is 27.5 Å². The molecule has 0 bridgehead atoms. The minimum absolute atomic E-state index is 0.0891. The molecule has 0 saturated heterocycles. The topological polar surface area (TPSA) is 86.5 Å². The first-order valence-corrected chi connectivity index (χ1v) is 9.22. The lowest BCUT2D eigenvalue weighted by Gasteiger charge is -2.12. The Morgan fingerprint density at radius 2 is 1.90 bits per heavy atom. The number of aromatic nitrogens is 2. The van der Waals surface area contributed by atoms with Gasteiger partial charge in [0.1, 0.15) is 0 Å². The second-order valence-electron chi connectivity index (χ2n) is 6.51. The predicted octanol–water partition coefficient (Wildman–Crippen LogP) is 3.90. The van der Waals surface area contributed by atoms with E-state index < -0.39 is 6.61 Å². The fourth-order valence-electron chi connectivity index (χ4n) is 2.70. The molecule has 1 N–H and O–H groups in total. The maximum atomic E-state index is 12.5. The quantitative estimate of drug-likeness (QED) is 0.568. The van der Waals surface area contributed by atoms with E-state index in [1.54, 1.807) is 6.07 Å². The molecule has 30 heavy (non-hydrogen) atoms. The van der Waals surface area contributed by atoms with E-state index in [1.165, 1.54) is 19.2 Å². The number of carbonyl (C=O) groups is 1. The Kier molecular flexibility index (Phi) is 6.95. The van der Waals surface area contributed by atoms with Gasteiger partial charge in [0.25, 0.3) is 0 Å². The number of methoxy groups -OCH3 is 1. The molecular weight excluding hydrogens is 396 g/mol. The van der Waals surface area contributed by atoms with Crippen LogP contribution < -0.4 is 14.8 Å². The Hall–Kier alpha value is -3.49. The third kappa shape index (κ3) is 5.76. The van der Waals surface area contributed by atoms with Crippen LogP contribution in [0.15, 0.2) is 46.9 Å². The zero-order chi connectivity index (χ0) is 21.5. The van der Waals surface area contributed by atoms with Crippen LogP contribution in [0.4, 0.5) is 8.78 Å². The summed E-state index contributed by atoms with van der Waals surface area (Å²) in [6.45, 7) is -0.830. The highest BCUT2D eigenvalue weighted by Crippen LogP contribution is 2.29. The van der Waals surface area contributed by atoms with Crippen molar-refractivity contribution in [3.8, 4) is 23.0 Å². The van der Waals surface area contributed by atoms with Crippen LogP contribution in [0.5, 0.6) is 11.5 Å². The molecule has 0 aliphatic carbocycles. The monoisotopic (exact) mass is 417 g/mol. The van der Waals surface area contributed by atoms with Crippen molar-refractivity contribution in [3.63, 3.8) is 0 Å². The number of halogens is 2. The highest BCUT2D eigenvalue weighted by atomic mass is 19.3. The number of aryl methyl sites for hydroxylation is 2. The summed E-state index contributed by atoms with van der Waals surface area (Å²) in [5, 5.41) is 10.7. The molecule has 158 valence electrons. The number of nitrogens with zero attached hydrogens (tertiary/aromatic N) is 2. The van der Waals surface area contributed by atoms with Crippen LogP contribution in [0.1, 0.15) is 23.4 Å². The first-order chi connectivity index (χ1) is 14.4. The number of benzene rings is 2. The number of hydrogen-bond donors (Lipinski definition) is 1. The molecule has 0 aliphatic heterocycles. The molecule has 0 radical (unpaired) electrons. The molecule has 7 nitrogen and oxygen atoms in total. The number of amides is 1. The number of hydrogen-bond acceptors (Lipinski definition) is 6. The molecule has 0 atom stereocenters. The second-order valence-corrected chi connectivity index (χ2v) is 6.51. The van der Waals surface area contributed by atoms with E-state index in [9.17, 15) is 13.6 Å². The molecule has 3 rings (SSSR count). The van der Waals surface area contributed by atoms with Gasteiger partial charge in [-0.1, -0.05) is 23.8 Å². The Balaban J connectivity index is 1.51. The predicted molar refractivity (Wildman–Crippen MR) is 104 cm³/mol. The van der Waals surface area contributed by atoms with Crippen molar-refractivity contribution in [1.29, 1.82) is 0 Å². The first-order valence-electron chi connectivity index (χ1n) is 9.22. The maximum absolute atomic E-state index is 12.5. The molecule has 0 unspecified atom stereocenters. The number of ether oxygens (including phenoxy) is 2. The van der Waals surface area contributed by atoms with Crippen molar-refractivity contribution in [2.24, 2.45) is 0 Å². The normalized spacial score (nSPS) is 10.8. The van der Waals surface area contributed by atoms with Crippen LogP contribution >= 0.6 is 0 Å². The summed E-state index contributed by atoms with van der Waals surface area (Å²) >= 11 is 0. The molecule has 1 heterocycles. The molecule has 1 amide bonds. The Morgan fingerprint density at radius 3 is 2.60 bits per heavy atom. The summed E-state index contributed by atoms with van der Waals surface area (Å²) in [7, 11) is 1.36. The van der Waals surface area contributed by atoms with E-state index in [4.69, 9.17) is 9.15 Å². The third-order valence-corrected chi connectivity index (χ3v) is 4.27. The van der Waals surface area contributed by atoms with Gasteiger partial charge >= 0.3 is 6.61 Å². The van der Waals surface area contributed by atoms with Gasteiger partial charge in [-0.25, -0.2) is 0 Å². The zero-order valence-corrected chi connectivity index (χ0v) is 16.5. The van der Waals surface area contributed by atoms with Gasteiger partial charge in [-0.2, -0.15) is 8.78 Å². The summed E-state index contributed by atoms with van der Waals surface area (Å²) in [5.41, 5.74) is 2.53. The first kappa shape index (κ1) is 21.2. The average molecular weight is 417 g/mol. The lowest BCUT2D eigenvalue weighted by atomic mass is 10.1. The Morgan fingerprint density at radius 1 is 1.13 bits per heavy atom. The van der Waals surface area contributed by atoms with Gasteiger partial charge in [0.2, 0.25) is 17.7 Å². The standard InChI is InChI=1S/C21H21F2N3O4/c1-13-3-6-15(7-4-13)20-26-25-19(30-20)10-9-18(27)24-12-14-5-8-16(28-2)17(11-14)29-21(22)23/h3-8,11,21H,9-10,12H2,1-2H3,(H,24,27). The van der Waals surface area contributed by atoms with Crippen molar-refractivity contribution in [3.05, 3.63) is 59.5 Å². The molecule has 0 saturated carbocycles. The van der Waals surface area contributed by atoms with E-state index in [2.05, 4.69) is 20.3 Å². The molecule has 9 heteroatoms. The average Bonchev–Trinajstić information content (AvgIpc) is 3.20. The van der Waals surface area contributed by atoms with Crippen molar-refractivity contribution >= 4 is 5.91 Å². The molecular formula is C21H21F2N3O4. The fourth-order valence-corrected chi connectivity index (χ4v) is 2.70. The number of alkyl halides is 2. The lowest BCUT2D eigenvalue weighted by molar-refractivity contribution is -0.121. The van der Waals surface area contributed by atoms with Gasteiger partial charge in [0, 0.05) is 24.9 Å². The van der Waals surface area contributed by atoms with Gasteiger partial charge in [0.05, 0.1) is 7.11 Å². The smallest absolute Gasteiger partial charge is 0.387 e. The van der Waals surface area contributed by atoms with Crippen molar-refractivity contribution in [1.82, 2.24) is 15.5 Å². The van der Waals surface area contributed by atoms with Crippen LogP contribution in [-0.4, -0.2) is 29.8 Å². The Bertz CT molecular complexity index is 990. The molecule has 2 aromatic carbocycles. The van der Waals surface area contributed by atoms with Gasteiger partial charge in [-0.3, -0.25) is 4.79 Å². The van der Waals surface area contributed by atoms with Gasteiger partial charge in [-0.05, 0) is 36.8 Å². The molecule has 0 spiro atoms. The maximum Gasteiger partial charge on any atom is 0.387 e. The molecule has 3 aromatic rings. The molecule has 0 aliphatic rings. The summed E-state index contributed by atoms with van der Waals surface area (Å²) in [5.74, 6) is 0.616. The van der Waals surface area contributed by atoms with E-state index in [0.717, 1.165) is 11.1 Å². The van der Waals surface area contributed by atoms with E-state index in [1.807, 2.05) is 31.2 Å². The zero-order valence-electron chi connectivity index (χ0n) is 16.5. The van der Waals surface area contributed by atoms with E-state index in [0.29, 0.717) is 17.3 Å². The summed E-state index contributed by atoms with van der Waals surface area (Å²) in [4.78, 5) is 12.1. The SMILES string of the molecule is COc1ccc(CNC(=O)CCc2nnc(-c3ccc(C)cc3)o2)cc1OC(F)F. The van der Waals surface area contributed by atoms with E-state index in [-0.39, 0.29) is 36.8 Å². The Labute approximate surface area is 172 Å². The highest BCUT2D eigenvalue weighted by Gasteiger charge is 2.13. The van der Waals surface area contributed by atoms with Crippen molar-refractivity contribution in [2.75, 3.05) is 7.11 Å². The second kappa shape index (κ2) is 9.82. The summed E-state index contributed by atoms with van der Waals surface area (Å²) < 4.78 is 40.0. The number of carbonyl (C=O) groups excluding carboxylic acids is 1. The number of rotatable bonds is 9. The largest absolute Gasteiger partial charge is 0.493 e. The third-order valence-electron chi connectivity index (χ3n) is 4.27. The van der Waals surface area contributed by atoms with Gasteiger partial charge in [0.15, 0.2) is 11.5 Å². The van der Waals surface area contributed by atoms with Crippen LogP contribution in [0.25, 0.3) is 11.5 Å². The van der Waals surface area contributed by atoms with Crippen LogP contribution in [0.3, 0.4) is 0 Å². The van der Waals surface area contributed by atoms with Crippen LogP contribution in [-0.2, 0) is 17.8 Å². The van der Waals surface area contributed by atoms with Gasteiger partial charge in [-0.15, -0.1) is 10.2 Å². The van der Waals surface area contributed by atoms with E-state index >= 15 is 0 Å². The van der Waals surface area contributed by atoms with Crippen LogP contribution in [0.2, 0.25) is 0 Å². The van der Waals surface area contributed by atoms with Crippen molar-refractivity contribution in [2.45, 2.75) is 32.9 Å². The van der Waals surface area contributed by atoms with Gasteiger partial charge < -0.3 is 19.2 Å². The van der Waals surface area contributed by atoms with Crippen LogP contribution in [0, 0.1) is 6.92 Å². The minimum Gasteiger partial charge on any atom is -0.493 e. The minimum atomic E-state index is -2.97. The summed E-state index contributed by atoms with van der Waals surface area (Å²) in [6, 6.07) is 12.2. The fraction of sp³-hybridized carbons (Fsp3) is 0.286. The number of nitrogens with one attached hydrogen (secondary N) is 1. The molecule has 0 fully saturated rings. The summed E-state index contributed by atoms with van der Waals surface area (Å²) in [6.07, 6.45) is 0.430. The highest BCUT2D eigenvalue weighted by molar-refractivity contribution is 5.76.